The fourth-order valence-electron chi connectivity index (χ4n) is 1.07. The van der Waals surface area contributed by atoms with Gasteiger partial charge in [0.15, 0.2) is 10.3 Å². The van der Waals surface area contributed by atoms with Crippen molar-refractivity contribution in [2.24, 2.45) is 10.2 Å². The van der Waals surface area contributed by atoms with Crippen molar-refractivity contribution in [3.8, 4) is 0 Å². The zero-order chi connectivity index (χ0) is 21.5. The van der Waals surface area contributed by atoms with Crippen LogP contribution in [-0.4, -0.2) is 10.3 Å². The van der Waals surface area contributed by atoms with Gasteiger partial charge in [0.25, 0.3) is 0 Å². The molecule has 102 valence electrons. The third-order valence-corrected chi connectivity index (χ3v) is 3.02. The molecule has 20 heavy (non-hydrogen) atoms. The monoisotopic (exact) mass is 352 g/mol. The number of halogens is 4. The number of hydrogen-bond acceptors (Lipinski definition) is 2. The molecule has 0 atom stereocenters. The molecule has 0 aliphatic carbocycles. The Balaban J connectivity index is 2.62. The van der Waals surface area contributed by atoms with E-state index in [0.717, 1.165) is 0 Å². The van der Waals surface area contributed by atoms with E-state index >= 15 is 0 Å². The minimum atomic E-state index is -0.576. The molecule has 0 N–H and O–H groups in total. The maximum Gasteiger partial charge on any atom is 0.160 e. The maximum absolute atomic E-state index is 7.86. The second-order valence-corrected chi connectivity index (χ2v) is 4.63. The molecule has 0 aliphatic heterocycles. The second kappa shape index (κ2) is 7.09. The summed E-state index contributed by atoms with van der Waals surface area (Å²) in [6, 6.07) is -4.34. The summed E-state index contributed by atoms with van der Waals surface area (Å²) in [5, 5.41) is 5.37. The van der Waals surface area contributed by atoms with E-state index < -0.39 is 58.7 Å². The van der Waals surface area contributed by atoms with Crippen LogP contribution in [0.2, 0.25) is 10.0 Å². The Morgan fingerprint density at radius 1 is 0.750 bits per heavy atom. The van der Waals surface area contributed by atoms with Crippen molar-refractivity contribution in [2.45, 2.75) is 0 Å². The third kappa shape index (κ3) is 3.74. The lowest BCUT2D eigenvalue weighted by Crippen LogP contribution is -1.94. The van der Waals surface area contributed by atoms with E-state index in [1.54, 1.807) is 0 Å². The third-order valence-electron chi connectivity index (χ3n) is 1.92. The zero-order valence-corrected chi connectivity index (χ0v) is 12.4. The Kier molecular flexibility index (Phi) is 2.77. The van der Waals surface area contributed by atoms with Crippen molar-refractivity contribution in [3.63, 3.8) is 0 Å². The lowest BCUT2D eigenvalue weighted by atomic mass is 10.2. The van der Waals surface area contributed by atoms with Gasteiger partial charge < -0.3 is 0 Å². The fraction of sp³-hybridized carbons (Fsp3) is 0. The first kappa shape index (κ1) is 7.81. The van der Waals surface area contributed by atoms with Gasteiger partial charge in [0, 0.05) is 11.1 Å². The Morgan fingerprint density at radius 2 is 1.10 bits per heavy atom. The van der Waals surface area contributed by atoms with Crippen LogP contribution in [0.25, 0.3) is 0 Å². The highest BCUT2D eigenvalue weighted by molar-refractivity contribution is 6.72. The summed E-state index contributed by atoms with van der Waals surface area (Å²) < 4.78 is 61.5. The van der Waals surface area contributed by atoms with Crippen LogP contribution in [0, 0.1) is 0 Å². The number of benzene rings is 2. The van der Waals surface area contributed by atoms with Crippen LogP contribution in [0.15, 0.2) is 58.5 Å². The molecule has 0 bridgehead atoms. The van der Waals surface area contributed by atoms with Crippen molar-refractivity contribution < 1.29 is 11.0 Å². The van der Waals surface area contributed by atoms with Crippen LogP contribution in [0.4, 0.5) is 0 Å². The summed E-state index contributed by atoms with van der Waals surface area (Å²) in [7, 11) is 0. The van der Waals surface area contributed by atoms with E-state index in [9.17, 15) is 0 Å². The topological polar surface area (TPSA) is 24.7 Å². The summed E-state index contributed by atoms with van der Waals surface area (Å²) in [5.74, 6) is 0. The minimum absolute atomic E-state index is 0.302. The van der Waals surface area contributed by atoms with Gasteiger partial charge in [-0.25, -0.2) is 0 Å². The smallest absolute Gasteiger partial charge is 0.136 e. The second-order valence-electron chi connectivity index (χ2n) is 3.16. The summed E-state index contributed by atoms with van der Waals surface area (Å²) in [6.07, 6.45) is 0. The maximum atomic E-state index is 7.86. The molecule has 0 radical (unpaired) electrons. The van der Waals surface area contributed by atoms with Gasteiger partial charge >= 0.3 is 0 Å². The molecular weight excluding hydrogens is 338 g/mol. The first-order valence-electron chi connectivity index (χ1n) is 8.90. The molecule has 0 unspecified atom stereocenters. The molecule has 2 aromatic carbocycles. The van der Waals surface area contributed by atoms with E-state index in [2.05, 4.69) is 10.2 Å². The molecule has 0 saturated carbocycles. The highest BCUT2D eigenvalue weighted by atomic mass is 35.5. The number of nitrogens with zero attached hydrogens (tertiary/aromatic N) is 2. The molecule has 0 aliphatic rings. The fourth-order valence-corrected chi connectivity index (χ4v) is 1.89. The minimum Gasteiger partial charge on any atom is -0.136 e. The highest BCUT2D eigenvalue weighted by Crippen LogP contribution is 2.20. The van der Waals surface area contributed by atoms with E-state index in [-0.39, 0.29) is 21.2 Å². The van der Waals surface area contributed by atoms with E-state index in [1.807, 2.05) is 0 Å². The van der Waals surface area contributed by atoms with Crippen LogP contribution in [0.3, 0.4) is 0 Å². The van der Waals surface area contributed by atoms with E-state index in [1.165, 1.54) is 0 Å². The standard InChI is InChI=1S/C14H8Cl4N2/c15-11-7-3-1-5-9(11)13(17)19-20-14(18)10-6-2-4-8-12(10)16/h1-8H/b19-13-,20-14-/i1D,2D,3D,4D,5D,6D,7D,8D. The van der Waals surface area contributed by atoms with Gasteiger partial charge in [-0.2, -0.15) is 0 Å². The van der Waals surface area contributed by atoms with Gasteiger partial charge in [0.05, 0.1) is 21.0 Å². The molecule has 0 fully saturated rings. The van der Waals surface area contributed by atoms with Crippen LogP contribution < -0.4 is 0 Å². The largest absolute Gasteiger partial charge is 0.160 e. The molecular formula is C14H8Cl4N2. The Hall–Kier alpha value is -1.06. The molecule has 0 aromatic heterocycles. The molecule has 2 aromatic rings. The average Bonchev–Trinajstić information content (AvgIpc) is 2.66. The van der Waals surface area contributed by atoms with Crippen molar-refractivity contribution in [1.82, 2.24) is 0 Å². The van der Waals surface area contributed by atoms with Crippen molar-refractivity contribution in [2.75, 3.05) is 0 Å². The molecule has 0 spiro atoms. The Bertz CT molecular complexity index is 913. The molecule has 0 saturated heterocycles. The predicted molar refractivity (Wildman–Crippen MR) is 87.7 cm³/mol. The number of hydrogen-bond donors (Lipinski definition) is 0. The average molecular weight is 354 g/mol. The molecule has 6 heteroatoms. The SMILES string of the molecule is [2H]c1c([2H])c([2H])c(/C(Cl)=N/N=C(\Cl)c2c([2H])c([2H])c([2H])c([2H])c2Cl)c(Cl)c1[2H]. The Morgan fingerprint density at radius 3 is 1.50 bits per heavy atom. The van der Waals surface area contributed by atoms with Crippen molar-refractivity contribution >= 4 is 56.7 Å². The lowest BCUT2D eigenvalue weighted by molar-refractivity contribution is 1.25. The van der Waals surface area contributed by atoms with Crippen LogP contribution in [-0.2, 0) is 0 Å². The summed E-state index contributed by atoms with van der Waals surface area (Å²) in [6.45, 7) is 0. The molecule has 2 nitrogen and oxygen atoms in total. The van der Waals surface area contributed by atoms with Gasteiger partial charge in [-0.15, -0.1) is 10.2 Å². The summed E-state index contributed by atoms with van der Waals surface area (Å²) >= 11 is 23.8. The van der Waals surface area contributed by atoms with Gasteiger partial charge in [0.1, 0.15) is 0 Å². The molecule has 0 amide bonds. The van der Waals surface area contributed by atoms with Gasteiger partial charge in [0.2, 0.25) is 0 Å². The highest BCUT2D eigenvalue weighted by Gasteiger charge is 2.07. The van der Waals surface area contributed by atoms with Crippen molar-refractivity contribution in [3.05, 3.63) is 69.5 Å². The predicted octanol–water partition coefficient (Wildman–Crippen LogP) is 5.58. The molecule has 0 heterocycles. The lowest BCUT2D eigenvalue weighted by Gasteiger charge is -2.01. The van der Waals surface area contributed by atoms with Crippen LogP contribution >= 0.6 is 46.4 Å². The normalized spacial score (nSPS) is 18.2. The quantitative estimate of drug-likeness (QED) is 0.508. The van der Waals surface area contributed by atoms with Crippen molar-refractivity contribution in [1.29, 1.82) is 0 Å². The Labute approximate surface area is 147 Å². The van der Waals surface area contributed by atoms with E-state index in [4.69, 9.17) is 57.4 Å². The first-order chi connectivity index (χ1) is 12.9. The summed E-state index contributed by atoms with van der Waals surface area (Å²) in [5.41, 5.74) is -0.604. The van der Waals surface area contributed by atoms with Crippen LogP contribution in [0.5, 0.6) is 0 Å². The zero-order valence-electron chi connectivity index (χ0n) is 17.4. The van der Waals surface area contributed by atoms with E-state index in [0.29, 0.717) is 0 Å². The first-order valence-corrected chi connectivity index (χ1v) is 6.42. The van der Waals surface area contributed by atoms with Gasteiger partial charge in [-0.1, -0.05) is 82.7 Å². The number of rotatable bonds is 3. The molecule has 2 rings (SSSR count). The van der Waals surface area contributed by atoms with Crippen LogP contribution in [0.1, 0.15) is 22.1 Å². The van der Waals surface area contributed by atoms with Gasteiger partial charge in [-0.3, -0.25) is 0 Å². The summed E-state index contributed by atoms with van der Waals surface area (Å²) in [4.78, 5) is 0. The van der Waals surface area contributed by atoms with Gasteiger partial charge in [-0.05, 0) is 12.1 Å².